The van der Waals surface area contributed by atoms with Gasteiger partial charge in [0.05, 0.1) is 11.5 Å². The molecule has 2 atom stereocenters. The lowest BCUT2D eigenvalue weighted by Crippen LogP contribution is -2.26. The molecule has 1 heteroatoms. The molecule has 1 aliphatic heterocycles. The maximum Gasteiger partial charge on any atom is 0.0725 e. The number of hydrogen-bond donors (Lipinski definition) is 1. The molecule has 1 N–H and O–H groups in total. The summed E-state index contributed by atoms with van der Waals surface area (Å²) in [4.78, 5) is 0. The molecule has 0 saturated heterocycles. The van der Waals surface area contributed by atoms with E-state index in [1.165, 1.54) is 55.8 Å². The van der Waals surface area contributed by atoms with E-state index in [2.05, 4.69) is 115 Å². The van der Waals surface area contributed by atoms with Gasteiger partial charge >= 0.3 is 0 Å². The van der Waals surface area contributed by atoms with E-state index in [-0.39, 0.29) is 5.41 Å². The van der Waals surface area contributed by atoms with Crippen molar-refractivity contribution in [3.05, 3.63) is 137 Å². The van der Waals surface area contributed by atoms with Crippen molar-refractivity contribution in [3.8, 4) is 22.3 Å². The standard InChI is InChI=1S/C31H21N/c1-5-13-25-19(9-1)20-10-2-6-14-26(20)31(25)27-15-7-3-11-21(27)23-18-30-24(17-28(23)31)22-12-4-8-16-29(22)32-30/h1-18,22,29,32H. The molecular weight excluding hydrogens is 386 g/mol. The van der Waals surface area contributed by atoms with Crippen molar-refractivity contribution in [2.45, 2.75) is 17.4 Å². The number of anilines is 1. The summed E-state index contributed by atoms with van der Waals surface area (Å²) >= 11 is 0. The number of rotatable bonds is 0. The molecule has 0 fully saturated rings. The van der Waals surface area contributed by atoms with Crippen LogP contribution in [0.2, 0.25) is 0 Å². The second-order valence-electron chi connectivity index (χ2n) is 9.34. The van der Waals surface area contributed by atoms with Gasteiger partial charge in [-0.15, -0.1) is 0 Å². The van der Waals surface area contributed by atoms with Crippen LogP contribution in [-0.2, 0) is 5.41 Å². The van der Waals surface area contributed by atoms with Crippen molar-refractivity contribution < 1.29 is 0 Å². The molecule has 1 heterocycles. The summed E-state index contributed by atoms with van der Waals surface area (Å²) < 4.78 is 0. The summed E-state index contributed by atoms with van der Waals surface area (Å²) in [5, 5.41) is 3.78. The quantitative estimate of drug-likeness (QED) is 0.285. The summed E-state index contributed by atoms with van der Waals surface area (Å²) in [6.07, 6.45) is 8.99. The maximum absolute atomic E-state index is 3.78. The van der Waals surface area contributed by atoms with Gasteiger partial charge in [-0.25, -0.2) is 0 Å². The molecule has 3 aliphatic carbocycles. The SMILES string of the molecule is C1=CC2Nc3cc4c(cc3C2C=C1)C1(c2ccccc2-c2ccccc21)c1ccccc1-4. The Morgan fingerprint density at radius 1 is 0.562 bits per heavy atom. The van der Waals surface area contributed by atoms with Crippen molar-refractivity contribution in [3.63, 3.8) is 0 Å². The number of benzene rings is 4. The fourth-order valence-electron chi connectivity index (χ4n) is 6.78. The number of hydrogen-bond acceptors (Lipinski definition) is 1. The first-order valence-corrected chi connectivity index (χ1v) is 11.5. The van der Waals surface area contributed by atoms with Gasteiger partial charge in [-0.1, -0.05) is 103 Å². The Hall–Kier alpha value is -3.84. The molecule has 0 aromatic heterocycles. The van der Waals surface area contributed by atoms with Gasteiger partial charge in [0.25, 0.3) is 0 Å². The van der Waals surface area contributed by atoms with Gasteiger partial charge in [0, 0.05) is 11.6 Å². The minimum absolute atomic E-state index is 0.250. The Bertz CT molecular complexity index is 1470. The van der Waals surface area contributed by atoms with Gasteiger partial charge in [-0.3, -0.25) is 0 Å². The monoisotopic (exact) mass is 407 g/mol. The summed E-state index contributed by atoms with van der Waals surface area (Å²) in [5.41, 5.74) is 13.6. The minimum Gasteiger partial charge on any atom is -0.378 e. The van der Waals surface area contributed by atoms with Crippen molar-refractivity contribution in [2.24, 2.45) is 0 Å². The molecule has 0 radical (unpaired) electrons. The second kappa shape index (κ2) is 5.69. The van der Waals surface area contributed by atoms with Crippen LogP contribution in [0, 0.1) is 0 Å². The van der Waals surface area contributed by atoms with Crippen molar-refractivity contribution in [1.82, 2.24) is 0 Å². The van der Waals surface area contributed by atoms with Crippen molar-refractivity contribution in [1.29, 1.82) is 0 Å². The largest absolute Gasteiger partial charge is 0.378 e. The van der Waals surface area contributed by atoms with E-state index >= 15 is 0 Å². The lowest BCUT2D eigenvalue weighted by atomic mass is 9.70. The average Bonchev–Trinajstić information content (AvgIpc) is 3.46. The Kier molecular flexibility index (Phi) is 2.99. The molecule has 4 aromatic rings. The second-order valence-corrected chi connectivity index (χ2v) is 9.34. The smallest absolute Gasteiger partial charge is 0.0725 e. The molecule has 32 heavy (non-hydrogen) atoms. The van der Waals surface area contributed by atoms with Crippen molar-refractivity contribution in [2.75, 3.05) is 5.32 Å². The predicted molar refractivity (Wildman–Crippen MR) is 131 cm³/mol. The van der Waals surface area contributed by atoms with Crippen LogP contribution in [0.5, 0.6) is 0 Å². The third-order valence-corrected chi connectivity index (χ3v) is 7.98. The lowest BCUT2D eigenvalue weighted by molar-refractivity contribution is 0.779. The summed E-state index contributed by atoms with van der Waals surface area (Å²) in [5.74, 6) is 0.396. The predicted octanol–water partition coefficient (Wildman–Crippen LogP) is 7.03. The molecular formula is C31H21N. The average molecular weight is 408 g/mol. The normalized spacial score (nSPS) is 21.4. The van der Waals surface area contributed by atoms with Crippen LogP contribution in [0.3, 0.4) is 0 Å². The highest BCUT2D eigenvalue weighted by atomic mass is 15.0. The van der Waals surface area contributed by atoms with Gasteiger partial charge in [0.1, 0.15) is 0 Å². The Balaban J connectivity index is 1.53. The highest BCUT2D eigenvalue weighted by Gasteiger charge is 2.52. The topological polar surface area (TPSA) is 12.0 Å². The molecule has 150 valence electrons. The van der Waals surface area contributed by atoms with Crippen LogP contribution in [0.4, 0.5) is 5.69 Å². The zero-order valence-electron chi connectivity index (χ0n) is 17.5. The van der Waals surface area contributed by atoms with Crippen LogP contribution in [-0.4, -0.2) is 6.04 Å². The first-order valence-electron chi connectivity index (χ1n) is 11.5. The van der Waals surface area contributed by atoms with E-state index in [0.29, 0.717) is 12.0 Å². The molecule has 8 rings (SSSR count). The van der Waals surface area contributed by atoms with E-state index in [4.69, 9.17) is 0 Å². The molecule has 0 bridgehead atoms. The van der Waals surface area contributed by atoms with E-state index < -0.39 is 0 Å². The Labute approximate surface area is 187 Å². The fourth-order valence-corrected chi connectivity index (χ4v) is 6.78. The highest BCUT2D eigenvalue weighted by Crippen LogP contribution is 2.63. The Morgan fingerprint density at radius 2 is 1.12 bits per heavy atom. The van der Waals surface area contributed by atoms with Gasteiger partial charge in [-0.05, 0) is 56.1 Å². The first-order chi connectivity index (χ1) is 15.9. The van der Waals surface area contributed by atoms with E-state index in [0.717, 1.165) is 0 Å². The van der Waals surface area contributed by atoms with Crippen molar-refractivity contribution >= 4 is 5.69 Å². The molecule has 4 aliphatic rings. The fraction of sp³-hybridized carbons (Fsp3) is 0.0968. The third-order valence-electron chi connectivity index (χ3n) is 7.98. The van der Waals surface area contributed by atoms with E-state index in [1.54, 1.807) is 0 Å². The molecule has 1 spiro atoms. The van der Waals surface area contributed by atoms with Crippen LogP contribution in [0.25, 0.3) is 22.3 Å². The summed E-state index contributed by atoms with van der Waals surface area (Å²) in [6, 6.07) is 32.4. The number of fused-ring (bicyclic) bond motifs is 13. The first kappa shape index (κ1) is 16.8. The molecule has 4 aromatic carbocycles. The summed E-state index contributed by atoms with van der Waals surface area (Å²) in [6.45, 7) is 0. The maximum atomic E-state index is 3.78. The number of allylic oxidation sites excluding steroid dienone is 2. The number of nitrogens with one attached hydrogen (secondary N) is 1. The zero-order valence-corrected chi connectivity index (χ0v) is 17.5. The van der Waals surface area contributed by atoms with Gasteiger partial charge in [-0.2, -0.15) is 0 Å². The van der Waals surface area contributed by atoms with Gasteiger partial charge in [0.15, 0.2) is 0 Å². The molecule has 1 nitrogen and oxygen atoms in total. The van der Waals surface area contributed by atoms with Crippen LogP contribution in [0.1, 0.15) is 33.7 Å². The third kappa shape index (κ3) is 1.79. The van der Waals surface area contributed by atoms with E-state index in [9.17, 15) is 0 Å². The zero-order chi connectivity index (χ0) is 20.9. The van der Waals surface area contributed by atoms with E-state index in [1.807, 2.05) is 0 Å². The van der Waals surface area contributed by atoms with Gasteiger partial charge < -0.3 is 5.32 Å². The summed E-state index contributed by atoms with van der Waals surface area (Å²) in [7, 11) is 0. The molecule has 0 saturated carbocycles. The molecule has 2 unspecified atom stereocenters. The van der Waals surface area contributed by atoms with Crippen LogP contribution in [0.15, 0.2) is 109 Å². The van der Waals surface area contributed by atoms with Crippen LogP contribution >= 0.6 is 0 Å². The minimum atomic E-state index is -0.250. The highest BCUT2D eigenvalue weighted by molar-refractivity contribution is 5.96. The lowest BCUT2D eigenvalue weighted by Gasteiger charge is -2.31. The molecule has 0 amide bonds. The van der Waals surface area contributed by atoms with Gasteiger partial charge in [0.2, 0.25) is 0 Å². The Morgan fingerprint density at radius 3 is 1.78 bits per heavy atom. The van der Waals surface area contributed by atoms with Crippen LogP contribution < -0.4 is 5.32 Å².